The summed E-state index contributed by atoms with van der Waals surface area (Å²) >= 11 is 0. The summed E-state index contributed by atoms with van der Waals surface area (Å²) in [6.07, 6.45) is 0.479. The van der Waals surface area contributed by atoms with Crippen LogP contribution in [-0.4, -0.2) is 78.9 Å². The number of anilines is 2. The predicted molar refractivity (Wildman–Crippen MR) is 184 cm³/mol. The summed E-state index contributed by atoms with van der Waals surface area (Å²) in [5.74, 6) is -0.847. The minimum absolute atomic E-state index is 0.00398. The van der Waals surface area contributed by atoms with Gasteiger partial charge in [-0.1, -0.05) is 25.8 Å². The van der Waals surface area contributed by atoms with Crippen molar-refractivity contribution in [2.45, 2.75) is 45.4 Å². The third kappa shape index (κ3) is 15.5. The van der Waals surface area contributed by atoms with E-state index in [2.05, 4.69) is 37.2 Å². The van der Waals surface area contributed by atoms with E-state index in [-0.39, 0.29) is 54.4 Å². The van der Waals surface area contributed by atoms with Crippen molar-refractivity contribution >= 4 is 59.2 Å². The van der Waals surface area contributed by atoms with E-state index in [1.165, 1.54) is 30.3 Å². The summed E-state index contributed by atoms with van der Waals surface area (Å²) in [6, 6.07) is 6.59. The number of carbonyl (C=O) groups excluding carboxylic acids is 7. The summed E-state index contributed by atoms with van der Waals surface area (Å²) in [5, 5.41) is 23.0. The smallest absolute Gasteiger partial charge is 0.436 e. The topological polar surface area (TPSA) is 312 Å². The molecule has 21 heteroatoms. The standard InChI is InChI=1S/C32H38N8O13/c1-4-14-50-31(46)36-16-25(41)38-24-15-20(8-7-19(24)17-51-32(47)52-22-11-9-21(10-12-22)40(48)49)37-27(42)23(6-5-13-35-29(33)44)39-28(43)26(18(2)3)53-30(34)45/h1,7-12,15,18,23,26H,5-6,13-14,16-17H2,2-3H3,(H2,34,45)(H,36,46)(H,37,42)(H,38,41)(H,39,43)(H3,33,35,44)/t23-,26-/m0/s1. The molecule has 21 nitrogen and oxygen atoms in total. The van der Waals surface area contributed by atoms with E-state index in [1.54, 1.807) is 13.8 Å². The number of rotatable bonds is 18. The third-order valence-corrected chi connectivity index (χ3v) is 6.63. The van der Waals surface area contributed by atoms with Crippen LogP contribution in [0.5, 0.6) is 5.75 Å². The van der Waals surface area contributed by atoms with Crippen LogP contribution in [0.3, 0.4) is 0 Å². The molecule has 0 heterocycles. The van der Waals surface area contributed by atoms with Gasteiger partial charge < -0.3 is 57.0 Å². The lowest BCUT2D eigenvalue weighted by atomic mass is 10.0. The highest BCUT2D eigenvalue weighted by Crippen LogP contribution is 2.24. The molecule has 2 rings (SSSR count). The number of ether oxygens (including phenoxy) is 4. The number of hydrogen-bond acceptors (Lipinski definition) is 13. The average molecular weight is 743 g/mol. The zero-order chi connectivity index (χ0) is 39.5. The second kappa shape index (κ2) is 21.2. The number of hydrogen-bond donors (Lipinski definition) is 7. The number of nitro benzene ring substituents is 1. The minimum Gasteiger partial charge on any atom is -0.436 e. The van der Waals surface area contributed by atoms with Gasteiger partial charge in [0.05, 0.1) is 4.92 Å². The minimum atomic E-state index is -1.34. The van der Waals surface area contributed by atoms with Gasteiger partial charge in [-0.3, -0.25) is 24.5 Å². The van der Waals surface area contributed by atoms with E-state index < -0.39 is 78.2 Å². The van der Waals surface area contributed by atoms with Crippen molar-refractivity contribution in [3.8, 4) is 18.1 Å². The molecule has 0 unspecified atom stereocenters. The largest absolute Gasteiger partial charge is 0.514 e. The van der Waals surface area contributed by atoms with Crippen molar-refractivity contribution in [2.24, 2.45) is 17.4 Å². The molecule has 0 bridgehead atoms. The molecule has 0 saturated carbocycles. The Kier molecular flexibility index (Phi) is 16.8. The highest BCUT2D eigenvalue weighted by molar-refractivity contribution is 5.99. The molecule has 284 valence electrons. The number of nitrogens with one attached hydrogen (secondary N) is 5. The number of terminal acetylenes is 1. The van der Waals surface area contributed by atoms with Crippen molar-refractivity contribution in [3.05, 3.63) is 58.1 Å². The van der Waals surface area contributed by atoms with Crippen LogP contribution in [0.2, 0.25) is 0 Å². The molecule has 0 aliphatic heterocycles. The molecule has 7 amide bonds. The number of carbonyl (C=O) groups is 7. The van der Waals surface area contributed by atoms with E-state index >= 15 is 0 Å². The van der Waals surface area contributed by atoms with Gasteiger partial charge in [0, 0.05) is 35.6 Å². The van der Waals surface area contributed by atoms with Gasteiger partial charge in [0.15, 0.2) is 12.7 Å². The van der Waals surface area contributed by atoms with Crippen molar-refractivity contribution < 1.29 is 57.4 Å². The Labute approximate surface area is 301 Å². The number of primary amides is 2. The lowest BCUT2D eigenvalue weighted by Crippen LogP contribution is -2.50. The highest BCUT2D eigenvalue weighted by atomic mass is 16.7. The number of nitro groups is 1. The molecule has 53 heavy (non-hydrogen) atoms. The van der Waals surface area contributed by atoms with Gasteiger partial charge >= 0.3 is 24.4 Å². The van der Waals surface area contributed by atoms with Gasteiger partial charge in [-0.25, -0.2) is 19.2 Å². The first-order chi connectivity index (χ1) is 25.1. The zero-order valence-corrected chi connectivity index (χ0v) is 28.5. The molecule has 0 aromatic heterocycles. The molecule has 0 aliphatic rings. The van der Waals surface area contributed by atoms with Crippen molar-refractivity contribution in [1.82, 2.24) is 16.0 Å². The maximum Gasteiger partial charge on any atom is 0.514 e. The van der Waals surface area contributed by atoms with Gasteiger partial charge in [0.25, 0.3) is 11.6 Å². The molecule has 2 aromatic rings. The van der Waals surface area contributed by atoms with Crippen LogP contribution in [-0.2, 0) is 35.2 Å². The van der Waals surface area contributed by atoms with E-state index in [0.29, 0.717) is 0 Å². The molecule has 0 saturated heterocycles. The van der Waals surface area contributed by atoms with E-state index in [0.717, 1.165) is 12.1 Å². The van der Waals surface area contributed by atoms with E-state index in [1.807, 2.05) is 0 Å². The Balaban J connectivity index is 2.29. The first-order valence-electron chi connectivity index (χ1n) is 15.6. The van der Waals surface area contributed by atoms with Crippen LogP contribution in [0.4, 0.5) is 36.2 Å². The summed E-state index contributed by atoms with van der Waals surface area (Å²) < 4.78 is 19.7. The fraction of sp³-hybridized carbons (Fsp3) is 0.344. The molecule has 0 spiro atoms. The van der Waals surface area contributed by atoms with Crippen LogP contribution in [0, 0.1) is 28.4 Å². The van der Waals surface area contributed by atoms with Gasteiger partial charge in [0.2, 0.25) is 11.8 Å². The first kappa shape index (κ1) is 42.1. The van der Waals surface area contributed by atoms with Crippen LogP contribution >= 0.6 is 0 Å². The first-order valence-corrected chi connectivity index (χ1v) is 15.6. The Morgan fingerprint density at radius 3 is 2.25 bits per heavy atom. The summed E-state index contributed by atoms with van der Waals surface area (Å²) in [5.41, 5.74) is 10.2. The van der Waals surface area contributed by atoms with Crippen LogP contribution in [0.15, 0.2) is 42.5 Å². The van der Waals surface area contributed by atoms with Crippen molar-refractivity contribution in [1.29, 1.82) is 0 Å². The Bertz CT molecular complexity index is 1710. The predicted octanol–water partition coefficient (Wildman–Crippen LogP) is 1.60. The summed E-state index contributed by atoms with van der Waals surface area (Å²) in [4.78, 5) is 96.0. The number of non-ortho nitro benzene ring substituents is 1. The lowest BCUT2D eigenvalue weighted by molar-refractivity contribution is -0.384. The number of benzene rings is 2. The summed E-state index contributed by atoms with van der Waals surface area (Å²) in [6.45, 7) is 1.82. The quantitative estimate of drug-likeness (QED) is 0.0217. The lowest BCUT2D eigenvalue weighted by Gasteiger charge is -2.24. The van der Waals surface area contributed by atoms with Crippen molar-refractivity contribution in [2.75, 3.05) is 30.3 Å². The fourth-order valence-corrected chi connectivity index (χ4v) is 4.19. The number of urea groups is 1. The van der Waals surface area contributed by atoms with Crippen molar-refractivity contribution in [3.63, 3.8) is 0 Å². The number of alkyl carbamates (subject to hydrolysis) is 1. The fourth-order valence-electron chi connectivity index (χ4n) is 4.19. The average Bonchev–Trinajstić information content (AvgIpc) is 3.09. The van der Waals surface area contributed by atoms with Gasteiger partial charge in [-0.05, 0) is 43.0 Å². The third-order valence-electron chi connectivity index (χ3n) is 6.63. The van der Waals surface area contributed by atoms with Crippen LogP contribution < -0.4 is 42.8 Å². The molecular weight excluding hydrogens is 704 g/mol. The zero-order valence-electron chi connectivity index (χ0n) is 28.5. The highest BCUT2D eigenvalue weighted by Gasteiger charge is 2.30. The van der Waals surface area contributed by atoms with Gasteiger partial charge in [0.1, 0.15) is 24.9 Å². The van der Waals surface area contributed by atoms with Crippen LogP contribution in [0.25, 0.3) is 0 Å². The van der Waals surface area contributed by atoms with Gasteiger partial charge in [-0.15, -0.1) is 6.42 Å². The molecule has 0 fully saturated rings. The van der Waals surface area contributed by atoms with E-state index in [4.69, 9.17) is 32.1 Å². The molecule has 2 atom stereocenters. The Morgan fingerprint density at radius 2 is 1.64 bits per heavy atom. The second-order valence-corrected chi connectivity index (χ2v) is 11.0. The second-order valence-electron chi connectivity index (χ2n) is 11.0. The number of amides is 7. The number of nitrogens with zero attached hydrogens (tertiary/aromatic N) is 1. The molecule has 9 N–H and O–H groups in total. The summed E-state index contributed by atoms with van der Waals surface area (Å²) in [7, 11) is 0. The molecule has 0 aliphatic carbocycles. The van der Waals surface area contributed by atoms with E-state index in [9.17, 15) is 43.7 Å². The monoisotopic (exact) mass is 742 g/mol. The SMILES string of the molecule is C#CCOC(=O)NCC(=O)Nc1cc(NC(=O)[C@H](CCCNC(N)=O)NC(=O)[C@@H](OC(N)=O)C(C)C)ccc1COC(=O)Oc1ccc([N+](=O)[O-])cc1. The maximum atomic E-state index is 13.5. The van der Waals surface area contributed by atoms with Gasteiger partial charge in [-0.2, -0.15) is 0 Å². The molecule has 0 radical (unpaired) electrons. The number of nitrogens with two attached hydrogens (primary N) is 2. The molecule has 2 aromatic carbocycles. The maximum absolute atomic E-state index is 13.5. The van der Waals surface area contributed by atoms with Crippen LogP contribution in [0.1, 0.15) is 32.3 Å². The Morgan fingerprint density at radius 1 is 0.943 bits per heavy atom. The Hall–Kier alpha value is -7.11. The molecular formula is C32H38N8O13. The normalized spacial score (nSPS) is 11.4.